The Labute approximate surface area is 171 Å². The van der Waals surface area contributed by atoms with Crippen LogP contribution in [0.3, 0.4) is 0 Å². The van der Waals surface area contributed by atoms with Crippen LogP contribution in [0, 0.1) is 0 Å². The molecule has 0 aliphatic carbocycles. The number of nitrogens with zero attached hydrogens (tertiary/aromatic N) is 2. The van der Waals surface area contributed by atoms with Crippen LogP contribution < -0.4 is 15.2 Å². The zero-order valence-electron chi connectivity index (χ0n) is 17.2. The molecule has 0 unspecified atom stereocenters. The minimum atomic E-state index is -0.00424. The molecule has 2 heterocycles. The van der Waals surface area contributed by atoms with Gasteiger partial charge in [0.15, 0.2) is 0 Å². The van der Waals surface area contributed by atoms with Gasteiger partial charge < -0.3 is 14.5 Å². The van der Waals surface area contributed by atoms with E-state index in [9.17, 15) is 4.79 Å². The minimum Gasteiger partial charge on any atom is -0.494 e. The molecule has 154 valence electrons. The highest BCUT2D eigenvalue weighted by atomic mass is 16.5. The Morgan fingerprint density at radius 2 is 1.66 bits per heavy atom. The summed E-state index contributed by atoms with van der Waals surface area (Å²) in [6, 6.07) is 14.3. The van der Waals surface area contributed by atoms with Gasteiger partial charge in [-0.25, -0.2) is 4.79 Å². The van der Waals surface area contributed by atoms with Gasteiger partial charge in [-0.15, -0.1) is 0 Å². The van der Waals surface area contributed by atoms with E-state index in [0.717, 1.165) is 55.0 Å². The van der Waals surface area contributed by atoms with Crippen molar-refractivity contribution < 1.29 is 9.47 Å². The number of piperidine rings is 1. The largest absolute Gasteiger partial charge is 0.494 e. The zero-order valence-corrected chi connectivity index (χ0v) is 17.2. The topological polar surface area (TPSA) is 59.5 Å². The number of fused-ring (bicyclic) bond motifs is 1. The number of aromatic nitrogens is 2. The monoisotopic (exact) mass is 395 g/mol. The molecule has 0 atom stereocenters. The molecule has 0 saturated carbocycles. The maximum Gasteiger partial charge on any atom is 0.326 e. The number of benzene rings is 2. The smallest absolute Gasteiger partial charge is 0.326 e. The number of hydrogen-bond donors (Lipinski definition) is 1. The molecule has 0 amide bonds. The van der Waals surface area contributed by atoms with Crippen LogP contribution in [0.15, 0.2) is 47.3 Å². The molecule has 1 aliphatic heterocycles. The quantitative estimate of drug-likeness (QED) is 0.658. The van der Waals surface area contributed by atoms with Gasteiger partial charge in [-0.3, -0.25) is 9.47 Å². The molecule has 1 fully saturated rings. The summed E-state index contributed by atoms with van der Waals surface area (Å²) in [6.45, 7) is 8.03. The van der Waals surface area contributed by atoms with Crippen LogP contribution in [0.25, 0.3) is 11.0 Å². The Morgan fingerprint density at radius 3 is 2.31 bits per heavy atom. The molecular weight excluding hydrogens is 366 g/mol. The molecule has 1 aliphatic rings. The van der Waals surface area contributed by atoms with E-state index >= 15 is 0 Å². The van der Waals surface area contributed by atoms with E-state index in [1.807, 2.05) is 48.7 Å². The van der Waals surface area contributed by atoms with Crippen molar-refractivity contribution in [2.45, 2.75) is 39.3 Å². The lowest BCUT2D eigenvalue weighted by Crippen LogP contribution is -2.36. The fourth-order valence-corrected chi connectivity index (χ4v) is 4.25. The first kappa shape index (κ1) is 19.6. The van der Waals surface area contributed by atoms with Crippen molar-refractivity contribution in [3.63, 3.8) is 0 Å². The van der Waals surface area contributed by atoms with Crippen LogP contribution in [0.4, 0.5) is 0 Å². The first-order valence-corrected chi connectivity index (χ1v) is 10.5. The molecule has 6 heteroatoms. The van der Waals surface area contributed by atoms with Gasteiger partial charge in [-0.2, -0.15) is 0 Å². The number of rotatable bonds is 7. The van der Waals surface area contributed by atoms with Crippen molar-refractivity contribution in [2.75, 3.05) is 26.3 Å². The summed E-state index contributed by atoms with van der Waals surface area (Å²) >= 11 is 0. The third-order valence-corrected chi connectivity index (χ3v) is 5.51. The predicted octanol–water partition coefficient (Wildman–Crippen LogP) is 3.96. The number of imidazole rings is 1. The number of aromatic amines is 1. The lowest BCUT2D eigenvalue weighted by molar-refractivity contribution is 0.179. The van der Waals surface area contributed by atoms with E-state index in [-0.39, 0.29) is 11.7 Å². The van der Waals surface area contributed by atoms with Crippen molar-refractivity contribution >= 4 is 11.0 Å². The number of nitrogens with one attached hydrogen (secondary N) is 1. The average molecular weight is 396 g/mol. The van der Waals surface area contributed by atoms with Gasteiger partial charge in [0.25, 0.3) is 0 Å². The fraction of sp³-hybridized carbons (Fsp3) is 0.435. The van der Waals surface area contributed by atoms with Gasteiger partial charge in [0.05, 0.1) is 24.2 Å². The number of hydrogen-bond acceptors (Lipinski definition) is 4. The predicted molar refractivity (Wildman–Crippen MR) is 115 cm³/mol. The van der Waals surface area contributed by atoms with Gasteiger partial charge in [-0.1, -0.05) is 12.1 Å². The summed E-state index contributed by atoms with van der Waals surface area (Å²) in [4.78, 5) is 17.9. The molecule has 1 aromatic heterocycles. The summed E-state index contributed by atoms with van der Waals surface area (Å²) in [5, 5.41) is 0. The van der Waals surface area contributed by atoms with Crippen LogP contribution in [-0.4, -0.2) is 40.8 Å². The van der Waals surface area contributed by atoms with Gasteiger partial charge in [0.2, 0.25) is 0 Å². The second kappa shape index (κ2) is 8.74. The highest BCUT2D eigenvalue weighted by Crippen LogP contribution is 2.28. The van der Waals surface area contributed by atoms with Gasteiger partial charge in [0, 0.05) is 31.7 Å². The van der Waals surface area contributed by atoms with E-state index in [1.165, 1.54) is 5.56 Å². The number of H-pyrrole nitrogens is 1. The Kier molecular flexibility index (Phi) is 5.90. The van der Waals surface area contributed by atoms with Gasteiger partial charge >= 0.3 is 5.69 Å². The highest BCUT2D eigenvalue weighted by molar-refractivity contribution is 5.75. The van der Waals surface area contributed by atoms with Gasteiger partial charge in [0.1, 0.15) is 11.5 Å². The van der Waals surface area contributed by atoms with Crippen LogP contribution >= 0.6 is 0 Å². The molecule has 4 rings (SSSR count). The first-order chi connectivity index (χ1) is 14.2. The Bertz CT molecular complexity index is 991. The third-order valence-electron chi connectivity index (χ3n) is 5.51. The fourth-order valence-electron chi connectivity index (χ4n) is 4.25. The molecule has 6 nitrogen and oxygen atoms in total. The van der Waals surface area contributed by atoms with Crippen molar-refractivity contribution in [3.05, 3.63) is 58.5 Å². The van der Waals surface area contributed by atoms with Gasteiger partial charge in [-0.05, 0) is 56.5 Å². The maximum atomic E-state index is 12.5. The Morgan fingerprint density at radius 1 is 1.00 bits per heavy atom. The maximum absolute atomic E-state index is 12.5. The molecule has 3 aromatic rings. The highest BCUT2D eigenvalue weighted by Gasteiger charge is 2.23. The molecule has 0 spiro atoms. The molecule has 1 N–H and O–H groups in total. The standard InChI is InChI=1S/C23H29N3O3/c1-3-28-19-13-17(14-20(15-19)29-4-2)16-25-11-9-18(10-12-25)26-22-8-6-5-7-21(22)24-23(26)27/h5-8,13-15,18H,3-4,9-12,16H2,1-2H3,(H,24,27). The van der Waals surface area contributed by atoms with Crippen molar-refractivity contribution in [1.29, 1.82) is 0 Å². The van der Waals surface area contributed by atoms with E-state index < -0.39 is 0 Å². The molecule has 2 aromatic carbocycles. The lowest BCUT2D eigenvalue weighted by Gasteiger charge is -2.32. The normalized spacial score (nSPS) is 15.7. The first-order valence-electron chi connectivity index (χ1n) is 10.5. The second-order valence-corrected chi connectivity index (χ2v) is 7.50. The Hall–Kier alpha value is -2.73. The van der Waals surface area contributed by atoms with Crippen molar-refractivity contribution in [1.82, 2.24) is 14.5 Å². The zero-order chi connectivity index (χ0) is 20.2. The van der Waals surface area contributed by atoms with Crippen LogP contribution in [-0.2, 0) is 6.54 Å². The molecular formula is C23H29N3O3. The number of ether oxygens (including phenoxy) is 2. The van der Waals surface area contributed by atoms with Crippen LogP contribution in [0.1, 0.15) is 38.3 Å². The minimum absolute atomic E-state index is 0.00424. The van der Waals surface area contributed by atoms with Crippen LogP contribution in [0.2, 0.25) is 0 Å². The molecule has 1 saturated heterocycles. The van der Waals surface area contributed by atoms with E-state index in [4.69, 9.17) is 9.47 Å². The second-order valence-electron chi connectivity index (χ2n) is 7.50. The third kappa shape index (κ3) is 4.32. The summed E-state index contributed by atoms with van der Waals surface area (Å²) in [5.74, 6) is 1.71. The number of para-hydroxylation sites is 2. The average Bonchev–Trinajstić information content (AvgIpc) is 3.05. The van der Waals surface area contributed by atoms with E-state index in [1.54, 1.807) is 0 Å². The van der Waals surface area contributed by atoms with Crippen LogP contribution in [0.5, 0.6) is 11.5 Å². The Balaban J connectivity index is 1.45. The summed E-state index contributed by atoms with van der Waals surface area (Å²) in [5.41, 5.74) is 3.11. The van der Waals surface area contributed by atoms with E-state index in [2.05, 4.69) is 22.0 Å². The van der Waals surface area contributed by atoms with Crippen molar-refractivity contribution in [3.8, 4) is 11.5 Å². The molecule has 29 heavy (non-hydrogen) atoms. The summed E-state index contributed by atoms with van der Waals surface area (Å²) in [7, 11) is 0. The molecule has 0 bridgehead atoms. The number of likely N-dealkylation sites (tertiary alicyclic amines) is 1. The van der Waals surface area contributed by atoms with Crippen molar-refractivity contribution in [2.24, 2.45) is 0 Å². The SMILES string of the molecule is CCOc1cc(CN2CCC(n3c(=O)[nH]c4ccccc43)CC2)cc(OCC)c1. The summed E-state index contributed by atoms with van der Waals surface area (Å²) < 4.78 is 13.3. The molecule has 0 radical (unpaired) electrons. The summed E-state index contributed by atoms with van der Waals surface area (Å²) in [6.07, 6.45) is 1.93. The lowest BCUT2D eigenvalue weighted by atomic mass is 10.0. The van der Waals surface area contributed by atoms with E-state index in [0.29, 0.717) is 13.2 Å².